The predicted molar refractivity (Wildman–Crippen MR) is 72.7 cm³/mol. The van der Waals surface area contributed by atoms with Gasteiger partial charge in [-0.25, -0.2) is 4.79 Å². The third-order valence-electron chi connectivity index (χ3n) is 3.14. The maximum Gasteiger partial charge on any atom is 0.338 e. The highest BCUT2D eigenvalue weighted by atomic mass is 16.5. The van der Waals surface area contributed by atoms with Crippen LogP contribution < -0.4 is 0 Å². The van der Waals surface area contributed by atoms with E-state index < -0.39 is 0 Å². The summed E-state index contributed by atoms with van der Waals surface area (Å²) >= 11 is 0. The van der Waals surface area contributed by atoms with Crippen LogP contribution in [-0.2, 0) is 4.74 Å². The Morgan fingerprint density at radius 3 is 2.28 bits per heavy atom. The summed E-state index contributed by atoms with van der Waals surface area (Å²) in [5.74, 6) is -0.287. The second-order valence-electron chi connectivity index (χ2n) is 4.29. The van der Waals surface area contributed by atoms with Gasteiger partial charge in [-0.1, -0.05) is 36.4 Å². The normalized spacial score (nSPS) is 10.2. The molecular weight excluding hydrogens is 224 g/mol. The molecule has 0 amide bonds. The average Bonchev–Trinajstić information content (AvgIpc) is 2.39. The number of benzene rings is 2. The van der Waals surface area contributed by atoms with Crippen LogP contribution in [-0.4, -0.2) is 13.1 Å². The number of carbonyl (C=O) groups is 1. The number of ether oxygens (including phenoxy) is 1. The molecule has 2 aromatic carbocycles. The summed E-state index contributed by atoms with van der Waals surface area (Å²) in [5.41, 5.74) is 4.98. The highest BCUT2D eigenvalue weighted by Gasteiger charge is 2.14. The van der Waals surface area contributed by atoms with E-state index in [-0.39, 0.29) is 5.97 Å². The smallest absolute Gasteiger partial charge is 0.338 e. The highest BCUT2D eigenvalue weighted by Crippen LogP contribution is 2.29. The molecule has 2 heteroatoms. The topological polar surface area (TPSA) is 26.3 Å². The molecule has 2 rings (SSSR count). The molecule has 0 aliphatic heterocycles. The van der Waals surface area contributed by atoms with Crippen molar-refractivity contribution in [2.24, 2.45) is 0 Å². The van der Waals surface area contributed by atoms with E-state index in [1.165, 1.54) is 7.11 Å². The Balaban J connectivity index is 2.64. The van der Waals surface area contributed by atoms with E-state index in [4.69, 9.17) is 4.74 Å². The standard InChI is InChI=1S/C16H16O2/c1-11-9-10-14(16(17)18-3)12(2)15(11)13-7-5-4-6-8-13/h4-10H,1-3H3. The van der Waals surface area contributed by atoms with Gasteiger partial charge in [-0.05, 0) is 42.2 Å². The first-order valence-corrected chi connectivity index (χ1v) is 5.89. The predicted octanol–water partition coefficient (Wildman–Crippen LogP) is 3.76. The van der Waals surface area contributed by atoms with E-state index >= 15 is 0 Å². The Hall–Kier alpha value is -2.09. The van der Waals surface area contributed by atoms with Crippen LogP contribution >= 0.6 is 0 Å². The first-order valence-electron chi connectivity index (χ1n) is 5.89. The van der Waals surface area contributed by atoms with Crippen molar-refractivity contribution in [3.8, 4) is 11.1 Å². The van der Waals surface area contributed by atoms with Crippen molar-refractivity contribution in [1.82, 2.24) is 0 Å². The van der Waals surface area contributed by atoms with Gasteiger partial charge in [0.15, 0.2) is 0 Å². The summed E-state index contributed by atoms with van der Waals surface area (Å²) in [5, 5.41) is 0. The van der Waals surface area contributed by atoms with Gasteiger partial charge >= 0.3 is 5.97 Å². The van der Waals surface area contributed by atoms with Crippen molar-refractivity contribution in [3.05, 3.63) is 59.2 Å². The number of hydrogen-bond donors (Lipinski definition) is 0. The maximum absolute atomic E-state index is 11.7. The summed E-state index contributed by atoms with van der Waals surface area (Å²) < 4.78 is 4.81. The lowest BCUT2D eigenvalue weighted by atomic mass is 9.92. The highest BCUT2D eigenvalue weighted by molar-refractivity contribution is 5.94. The van der Waals surface area contributed by atoms with E-state index in [0.717, 1.165) is 22.3 Å². The molecule has 0 unspecified atom stereocenters. The fraction of sp³-hybridized carbons (Fsp3) is 0.188. The number of hydrogen-bond acceptors (Lipinski definition) is 2. The van der Waals surface area contributed by atoms with Crippen LogP contribution in [0, 0.1) is 13.8 Å². The van der Waals surface area contributed by atoms with Crippen LogP contribution in [0.15, 0.2) is 42.5 Å². The quantitative estimate of drug-likeness (QED) is 0.747. The fourth-order valence-corrected chi connectivity index (χ4v) is 2.23. The molecule has 2 aromatic rings. The zero-order valence-corrected chi connectivity index (χ0v) is 10.9. The molecule has 92 valence electrons. The molecule has 2 nitrogen and oxygen atoms in total. The summed E-state index contributed by atoms with van der Waals surface area (Å²) in [6.07, 6.45) is 0. The van der Waals surface area contributed by atoms with Crippen LogP contribution in [0.4, 0.5) is 0 Å². The van der Waals surface area contributed by atoms with Crippen LogP contribution in [0.25, 0.3) is 11.1 Å². The molecule has 0 atom stereocenters. The lowest BCUT2D eigenvalue weighted by Crippen LogP contribution is -2.05. The van der Waals surface area contributed by atoms with Gasteiger partial charge < -0.3 is 4.74 Å². The SMILES string of the molecule is COC(=O)c1ccc(C)c(-c2ccccc2)c1C. The number of carbonyl (C=O) groups excluding carboxylic acids is 1. The first kappa shape index (κ1) is 12.4. The van der Waals surface area contributed by atoms with Crippen molar-refractivity contribution in [2.75, 3.05) is 7.11 Å². The summed E-state index contributed by atoms with van der Waals surface area (Å²) in [6.45, 7) is 4.01. The molecule has 0 aliphatic carbocycles. The zero-order chi connectivity index (χ0) is 13.1. The number of rotatable bonds is 2. The minimum absolute atomic E-state index is 0.287. The average molecular weight is 240 g/mol. The number of esters is 1. The van der Waals surface area contributed by atoms with Crippen LogP contribution in [0.3, 0.4) is 0 Å². The lowest BCUT2D eigenvalue weighted by molar-refractivity contribution is 0.0600. The third kappa shape index (κ3) is 2.14. The van der Waals surface area contributed by atoms with E-state index in [1.54, 1.807) is 0 Å². The van der Waals surface area contributed by atoms with Gasteiger partial charge in [0.05, 0.1) is 12.7 Å². The number of methoxy groups -OCH3 is 1. The van der Waals surface area contributed by atoms with Gasteiger partial charge in [-0.2, -0.15) is 0 Å². The molecule has 0 heterocycles. The molecule has 18 heavy (non-hydrogen) atoms. The Bertz CT molecular complexity index is 571. The van der Waals surface area contributed by atoms with Crippen molar-refractivity contribution in [3.63, 3.8) is 0 Å². The van der Waals surface area contributed by atoms with Gasteiger partial charge in [-0.15, -0.1) is 0 Å². The van der Waals surface area contributed by atoms with Gasteiger partial charge in [0, 0.05) is 0 Å². The van der Waals surface area contributed by atoms with Crippen molar-refractivity contribution in [1.29, 1.82) is 0 Å². The second-order valence-corrected chi connectivity index (χ2v) is 4.29. The summed E-state index contributed by atoms with van der Waals surface area (Å²) in [6, 6.07) is 13.9. The van der Waals surface area contributed by atoms with Crippen LogP contribution in [0.1, 0.15) is 21.5 Å². The summed E-state index contributed by atoms with van der Waals surface area (Å²) in [7, 11) is 1.41. The molecule has 0 bridgehead atoms. The van der Waals surface area contributed by atoms with Gasteiger partial charge in [-0.3, -0.25) is 0 Å². The fourth-order valence-electron chi connectivity index (χ4n) is 2.23. The van der Waals surface area contributed by atoms with Crippen LogP contribution in [0.2, 0.25) is 0 Å². The molecule has 0 saturated carbocycles. The van der Waals surface area contributed by atoms with E-state index in [2.05, 4.69) is 19.1 Å². The second kappa shape index (κ2) is 5.05. The van der Waals surface area contributed by atoms with Crippen LogP contribution in [0.5, 0.6) is 0 Å². The Morgan fingerprint density at radius 1 is 1.00 bits per heavy atom. The third-order valence-corrected chi connectivity index (χ3v) is 3.14. The molecule has 0 aliphatic rings. The van der Waals surface area contributed by atoms with E-state index in [1.807, 2.05) is 37.3 Å². The van der Waals surface area contributed by atoms with E-state index in [9.17, 15) is 4.79 Å². The molecule has 0 saturated heterocycles. The van der Waals surface area contributed by atoms with Gasteiger partial charge in [0.25, 0.3) is 0 Å². The minimum atomic E-state index is -0.287. The molecule has 0 radical (unpaired) electrons. The Labute approximate surface area is 107 Å². The minimum Gasteiger partial charge on any atom is -0.465 e. The Morgan fingerprint density at radius 2 is 1.67 bits per heavy atom. The first-order chi connectivity index (χ1) is 8.65. The maximum atomic E-state index is 11.7. The molecule has 0 aromatic heterocycles. The summed E-state index contributed by atoms with van der Waals surface area (Å²) in [4.78, 5) is 11.7. The van der Waals surface area contributed by atoms with Crippen molar-refractivity contribution < 1.29 is 9.53 Å². The number of aryl methyl sites for hydroxylation is 1. The largest absolute Gasteiger partial charge is 0.465 e. The molecular formula is C16H16O2. The molecule has 0 fully saturated rings. The van der Waals surface area contributed by atoms with Crippen molar-refractivity contribution >= 4 is 5.97 Å². The Kier molecular flexibility index (Phi) is 3.47. The molecule has 0 N–H and O–H groups in total. The lowest BCUT2D eigenvalue weighted by Gasteiger charge is -2.13. The molecule has 0 spiro atoms. The van der Waals surface area contributed by atoms with Gasteiger partial charge in [0.1, 0.15) is 0 Å². The zero-order valence-electron chi connectivity index (χ0n) is 10.9. The van der Waals surface area contributed by atoms with Gasteiger partial charge in [0.2, 0.25) is 0 Å². The van der Waals surface area contributed by atoms with Crippen molar-refractivity contribution in [2.45, 2.75) is 13.8 Å². The van der Waals surface area contributed by atoms with E-state index in [0.29, 0.717) is 5.56 Å². The monoisotopic (exact) mass is 240 g/mol.